The molecule has 0 unspecified atom stereocenters. The Morgan fingerprint density at radius 1 is 1.33 bits per heavy atom. The number of amides is 1. The Kier molecular flexibility index (Phi) is 4.95. The molecule has 0 aliphatic rings. The summed E-state index contributed by atoms with van der Waals surface area (Å²) >= 11 is 0. The molecule has 2 aromatic rings. The van der Waals surface area contributed by atoms with Crippen LogP contribution in [-0.4, -0.2) is 25.4 Å². The first-order valence-electron chi connectivity index (χ1n) is 7.20. The molecule has 2 N–H and O–H groups in total. The number of carbonyl (C=O) groups is 1. The molecule has 1 aromatic carbocycles. The SMILES string of the molecule is Cc1ccc(N(CCC#N)S(=O)(=O)c2cc(C(N)=O)n(C)c2)cc1. The van der Waals surface area contributed by atoms with Crippen molar-refractivity contribution in [2.75, 3.05) is 10.8 Å². The molecule has 2 rings (SSSR count). The van der Waals surface area contributed by atoms with Crippen LogP contribution in [0, 0.1) is 18.3 Å². The number of hydrogen-bond donors (Lipinski definition) is 1. The number of aryl methyl sites for hydroxylation is 2. The lowest BCUT2D eigenvalue weighted by Gasteiger charge is -2.23. The van der Waals surface area contributed by atoms with Crippen LogP contribution in [0.4, 0.5) is 5.69 Å². The van der Waals surface area contributed by atoms with Crippen molar-refractivity contribution < 1.29 is 13.2 Å². The third kappa shape index (κ3) is 3.41. The van der Waals surface area contributed by atoms with Crippen LogP contribution >= 0.6 is 0 Å². The molecule has 0 saturated carbocycles. The number of benzene rings is 1. The van der Waals surface area contributed by atoms with Gasteiger partial charge in [0.15, 0.2) is 0 Å². The number of aromatic nitrogens is 1. The maximum atomic E-state index is 13.0. The molecule has 0 radical (unpaired) electrons. The number of carbonyl (C=O) groups excluding carboxylic acids is 1. The van der Waals surface area contributed by atoms with Crippen LogP contribution < -0.4 is 10.0 Å². The fourth-order valence-corrected chi connectivity index (χ4v) is 3.84. The Bertz CT molecular complexity index is 892. The van der Waals surface area contributed by atoms with Gasteiger partial charge in [-0.1, -0.05) is 17.7 Å². The standard InChI is InChI=1S/C16H18N4O3S/c1-12-4-6-13(7-5-12)20(9-3-8-17)24(22,23)14-10-15(16(18)21)19(2)11-14/h4-7,10-11H,3,9H2,1-2H3,(H2,18,21). The maximum absolute atomic E-state index is 13.0. The molecule has 0 atom stereocenters. The lowest BCUT2D eigenvalue weighted by molar-refractivity contribution is 0.0992. The Balaban J connectivity index is 2.51. The highest BCUT2D eigenvalue weighted by atomic mass is 32.2. The largest absolute Gasteiger partial charge is 0.364 e. The summed E-state index contributed by atoms with van der Waals surface area (Å²) in [5.41, 5.74) is 6.79. The molecule has 7 nitrogen and oxygen atoms in total. The number of nitrogens with two attached hydrogens (primary N) is 1. The summed E-state index contributed by atoms with van der Waals surface area (Å²) in [6.07, 6.45) is 1.38. The van der Waals surface area contributed by atoms with Crippen LogP contribution in [0.5, 0.6) is 0 Å². The van der Waals surface area contributed by atoms with E-state index in [2.05, 4.69) is 0 Å². The van der Waals surface area contributed by atoms with Crippen molar-refractivity contribution in [3.05, 3.63) is 47.8 Å². The zero-order valence-corrected chi connectivity index (χ0v) is 14.2. The van der Waals surface area contributed by atoms with E-state index in [1.807, 2.05) is 13.0 Å². The fourth-order valence-electron chi connectivity index (χ4n) is 2.30. The van der Waals surface area contributed by atoms with Crippen LogP contribution in [0.15, 0.2) is 41.4 Å². The lowest BCUT2D eigenvalue weighted by atomic mass is 10.2. The predicted molar refractivity (Wildman–Crippen MR) is 89.9 cm³/mol. The van der Waals surface area contributed by atoms with Crippen molar-refractivity contribution in [1.82, 2.24) is 4.57 Å². The van der Waals surface area contributed by atoms with Gasteiger partial charge in [-0.05, 0) is 25.1 Å². The topological polar surface area (TPSA) is 109 Å². The lowest BCUT2D eigenvalue weighted by Crippen LogP contribution is -2.31. The number of hydrogen-bond acceptors (Lipinski definition) is 4. The molecule has 0 saturated heterocycles. The van der Waals surface area contributed by atoms with Crippen molar-refractivity contribution in [3.63, 3.8) is 0 Å². The average Bonchev–Trinajstić information content (AvgIpc) is 2.92. The summed E-state index contributed by atoms with van der Waals surface area (Å²) in [6.45, 7) is 1.91. The molecule has 0 aliphatic heterocycles. The Hall–Kier alpha value is -2.79. The van der Waals surface area contributed by atoms with E-state index < -0.39 is 15.9 Å². The van der Waals surface area contributed by atoms with Crippen molar-refractivity contribution in [1.29, 1.82) is 5.26 Å². The smallest absolute Gasteiger partial charge is 0.265 e. The Labute approximate surface area is 141 Å². The fraction of sp³-hybridized carbons (Fsp3) is 0.250. The molecule has 126 valence electrons. The molecule has 0 bridgehead atoms. The molecule has 24 heavy (non-hydrogen) atoms. The molecule has 8 heteroatoms. The van der Waals surface area contributed by atoms with Gasteiger partial charge in [0, 0.05) is 19.8 Å². The van der Waals surface area contributed by atoms with Gasteiger partial charge in [0.25, 0.3) is 15.9 Å². The van der Waals surface area contributed by atoms with Crippen LogP contribution in [-0.2, 0) is 17.1 Å². The van der Waals surface area contributed by atoms with E-state index in [-0.39, 0.29) is 23.6 Å². The van der Waals surface area contributed by atoms with Crippen molar-refractivity contribution >= 4 is 21.6 Å². The van der Waals surface area contributed by atoms with Gasteiger partial charge in [0.05, 0.1) is 18.2 Å². The van der Waals surface area contributed by atoms with E-state index in [0.717, 1.165) is 9.87 Å². The summed E-state index contributed by atoms with van der Waals surface area (Å²) in [4.78, 5) is 11.3. The Morgan fingerprint density at radius 3 is 2.46 bits per heavy atom. The van der Waals surface area contributed by atoms with E-state index in [1.54, 1.807) is 31.3 Å². The van der Waals surface area contributed by atoms with Gasteiger partial charge in [0.2, 0.25) is 0 Å². The minimum Gasteiger partial charge on any atom is -0.364 e. The minimum absolute atomic E-state index is 0.0166. The monoisotopic (exact) mass is 346 g/mol. The van der Waals surface area contributed by atoms with Gasteiger partial charge >= 0.3 is 0 Å². The van der Waals surface area contributed by atoms with E-state index in [9.17, 15) is 13.2 Å². The Morgan fingerprint density at radius 2 is 1.96 bits per heavy atom. The summed E-state index contributed by atoms with van der Waals surface area (Å²) < 4.78 is 28.5. The number of nitriles is 1. The normalized spacial score (nSPS) is 11.0. The van der Waals surface area contributed by atoms with Gasteiger partial charge in [0.1, 0.15) is 10.6 Å². The van der Waals surface area contributed by atoms with E-state index in [1.165, 1.54) is 16.8 Å². The van der Waals surface area contributed by atoms with Crippen LogP contribution in [0.25, 0.3) is 0 Å². The van der Waals surface area contributed by atoms with Crippen LogP contribution in [0.1, 0.15) is 22.5 Å². The minimum atomic E-state index is -3.92. The number of primary amides is 1. The van der Waals surface area contributed by atoms with E-state index >= 15 is 0 Å². The highest BCUT2D eigenvalue weighted by Gasteiger charge is 2.27. The van der Waals surface area contributed by atoms with Gasteiger partial charge in [-0.15, -0.1) is 0 Å². The second-order valence-corrected chi connectivity index (χ2v) is 7.22. The van der Waals surface area contributed by atoms with Gasteiger partial charge < -0.3 is 10.3 Å². The molecular formula is C16H18N4O3S. The maximum Gasteiger partial charge on any atom is 0.265 e. The van der Waals surface area contributed by atoms with Crippen LogP contribution in [0.2, 0.25) is 0 Å². The van der Waals surface area contributed by atoms with Crippen molar-refractivity contribution in [2.45, 2.75) is 18.2 Å². The molecular weight excluding hydrogens is 328 g/mol. The number of sulfonamides is 1. The summed E-state index contributed by atoms with van der Waals surface area (Å²) in [7, 11) is -2.37. The second kappa shape index (κ2) is 6.76. The molecule has 1 amide bonds. The predicted octanol–water partition coefficient (Wildman–Crippen LogP) is 1.54. The zero-order chi connectivity index (χ0) is 17.9. The van der Waals surface area contributed by atoms with Gasteiger partial charge in [-0.25, -0.2) is 8.42 Å². The molecule has 1 aromatic heterocycles. The van der Waals surface area contributed by atoms with Crippen molar-refractivity contribution in [2.24, 2.45) is 12.8 Å². The molecule has 0 aliphatic carbocycles. The van der Waals surface area contributed by atoms with E-state index in [0.29, 0.717) is 5.69 Å². The first-order valence-corrected chi connectivity index (χ1v) is 8.64. The summed E-state index contributed by atoms with van der Waals surface area (Å²) in [6, 6.07) is 10.2. The zero-order valence-electron chi connectivity index (χ0n) is 13.4. The number of anilines is 1. The highest BCUT2D eigenvalue weighted by molar-refractivity contribution is 7.92. The highest BCUT2D eigenvalue weighted by Crippen LogP contribution is 2.25. The molecule has 0 fully saturated rings. The molecule has 1 heterocycles. The van der Waals surface area contributed by atoms with E-state index in [4.69, 9.17) is 11.0 Å². The quantitative estimate of drug-likeness (QED) is 0.855. The van der Waals surface area contributed by atoms with Gasteiger partial charge in [-0.2, -0.15) is 5.26 Å². The average molecular weight is 346 g/mol. The number of rotatable bonds is 6. The second-order valence-electron chi connectivity index (χ2n) is 5.36. The third-order valence-corrected chi connectivity index (χ3v) is 5.36. The van der Waals surface area contributed by atoms with Crippen LogP contribution in [0.3, 0.4) is 0 Å². The third-order valence-electron chi connectivity index (χ3n) is 3.57. The number of nitrogens with zero attached hydrogens (tertiary/aromatic N) is 3. The summed E-state index contributed by atoms with van der Waals surface area (Å²) in [5.74, 6) is -0.710. The summed E-state index contributed by atoms with van der Waals surface area (Å²) in [5, 5.41) is 8.83. The van der Waals surface area contributed by atoms with Gasteiger partial charge in [-0.3, -0.25) is 9.10 Å². The van der Waals surface area contributed by atoms with Crippen molar-refractivity contribution in [3.8, 4) is 6.07 Å². The molecule has 0 spiro atoms. The first-order chi connectivity index (χ1) is 11.3. The first kappa shape index (κ1) is 17.6.